The van der Waals surface area contributed by atoms with Gasteiger partial charge in [-0.15, -0.1) is 0 Å². The maximum absolute atomic E-state index is 12.8. The minimum absolute atomic E-state index is 0.647. The van der Waals surface area contributed by atoms with Crippen molar-refractivity contribution in [3.63, 3.8) is 0 Å². The average molecular weight is 375 g/mol. The Labute approximate surface area is 154 Å². The van der Waals surface area contributed by atoms with Gasteiger partial charge in [0, 0.05) is 44.4 Å². The highest BCUT2D eigenvalue weighted by Crippen LogP contribution is 2.32. The molecule has 142 valence electrons. The summed E-state index contributed by atoms with van der Waals surface area (Å²) >= 11 is 0. The number of imidazole rings is 2. The largest absolute Gasteiger partial charge is 0.416 e. The molecule has 8 heteroatoms. The first kappa shape index (κ1) is 17.8. The van der Waals surface area contributed by atoms with Crippen molar-refractivity contribution < 1.29 is 13.2 Å². The van der Waals surface area contributed by atoms with Gasteiger partial charge in [0.15, 0.2) is 0 Å². The molecule has 4 rings (SSSR count). The smallest absolute Gasteiger partial charge is 0.348 e. The summed E-state index contributed by atoms with van der Waals surface area (Å²) in [6.45, 7) is 4.38. The fraction of sp³-hybridized carbons (Fsp3) is 0.368. The summed E-state index contributed by atoms with van der Waals surface area (Å²) in [5.41, 5.74) is 4.26. The number of nitrogens with one attached hydrogen (secondary N) is 1. The number of aromatic amines is 1. The lowest BCUT2D eigenvalue weighted by atomic mass is 10.1. The van der Waals surface area contributed by atoms with Gasteiger partial charge in [0.25, 0.3) is 0 Å². The third kappa shape index (κ3) is 3.37. The highest BCUT2D eigenvalue weighted by Gasteiger charge is 2.30. The van der Waals surface area contributed by atoms with Crippen LogP contribution in [0.4, 0.5) is 13.2 Å². The molecule has 27 heavy (non-hydrogen) atoms. The Balaban J connectivity index is 1.58. The molecule has 0 bridgehead atoms. The molecule has 3 heterocycles. The number of rotatable bonds is 3. The zero-order valence-corrected chi connectivity index (χ0v) is 15.1. The Morgan fingerprint density at radius 2 is 1.93 bits per heavy atom. The third-order valence-electron chi connectivity index (χ3n) is 5.11. The van der Waals surface area contributed by atoms with E-state index in [-0.39, 0.29) is 0 Å². The van der Waals surface area contributed by atoms with Gasteiger partial charge in [-0.25, -0.2) is 9.97 Å². The predicted octanol–water partition coefficient (Wildman–Crippen LogP) is 3.70. The topological polar surface area (TPSA) is 49.7 Å². The number of alkyl halides is 3. The third-order valence-corrected chi connectivity index (χ3v) is 5.11. The Morgan fingerprint density at radius 3 is 2.56 bits per heavy atom. The van der Waals surface area contributed by atoms with E-state index in [1.54, 1.807) is 6.33 Å². The molecule has 0 aliphatic carbocycles. The summed E-state index contributed by atoms with van der Waals surface area (Å²) in [4.78, 5) is 14.5. The molecule has 5 nitrogen and oxygen atoms in total. The van der Waals surface area contributed by atoms with Crippen LogP contribution in [0.1, 0.15) is 28.3 Å². The van der Waals surface area contributed by atoms with Crippen molar-refractivity contribution >= 4 is 0 Å². The average Bonchev–Trinajstić information content (AvgIpc) is 3.18. The number of H-pyrrole nitrogens is 1. The Hall–Kier alpha value is -2.61. The van der Waals surface area contributed by atoms with E-state index in [4.69, 9.17) is 4.98 Å². The minimum Gasteiger partial charge on any atom is -0.348 e. The number of hydrogen-bond acceptors (Lipinski definition) is 3. The lowest BCUT2D eigenvalue weighted by Gasteiger charge is -2.26. The molecule has 1 aliphatic heterocycles. The summed E-state index contributed by atoms with van der Waals surface area (Å²) in [5, 5.41) is 0. The van der Waals surface area contributed by atoms with Crippen molar-refractivity contribution in [1.82, 2.24) is 24.4 Å². The molecule has 1 aromatic carbocycles. The molecule has 3 aromatic rings. The Morgan fingerprint density at radius 1 is 1.19 bits per heavy atom. The van der Waals surface area contributed by atoms with Crippen LogP contribution in [0.2, 0.25) is 0 Å². The van der Waals surface area contributed by atoms with Gasteiger partial charge >= 0.3 is 6.18 Å². The van der Waals surface area contributed by atoms with Gasteiger partial charge in [0.2, 0.25) is 0 Å². The second-order valence-electron chi connectivity index (χ2n) is 6.90. The van der Waals surface area contributed by atoms with Gasteiger partial charge in [0.1, 0.15) is 5.82 Å². The molecular weight excluding hydrogens is 355 g/mol. The van der Waals surface area contributed by atoms with Crippen molar-refractivity contribution in [3.05, 3.63) is 58.9 Å². The summed E-state index contributed by atoms with van der Waals surface area (Å²) in [6.07, 6.45) is -1.82. The zero-order valence-electron chi connectivity index (χ0n) is 15.1. The second-order valence-corrected chi connectivity index (χ2v) is 6.90. The summed E-state index contributed by atoms with van der Waals surface area (Å²) in [5.74, 6) is 0.700. The van der Waals surface area contributed by atoms with E-state index in [1.165, 1.54) is 12.1 Å². The van der Waals surface area contributed by atoms with Gasteiger partial charge in [-0.3, -0.25) is 4.90 Å². The van der Waals surface area contributed by atoms with Crippen LogP contribution >= 0.6 is 0 Å². The molecule has 2 aromatic heterocycles. The van der Waals surface area contributed by atoms with Gasteiger partial charge in [-0.2, -0.15) is 13.2 Å². The molecule has 0 amide bonds. The van der Waals surface area contributed by atoms with Crippen LogP contribution < -0.4 is 0 Å². The van der Waals surface area contributed by atoms with E-state index < -0.39 is 11.7 Å². The first-order chi connectivity index (χ1) is 12.8. The van der Waals surface area contributed by atoms with Crippen LogP contribution in [-0.2, 0) is 32.7 Å². The maximum Gasteiger partial charge on any atom is 0.416 e. The van der Waals surface area contributed by atoms with Crippen molar-refractivity contribution in [2.75, 3.05) is 6.54 Å². The number of halogens is 3. The molecular formula is C19H20F3N5. The lowest BCUT2D eigenvalue weighted by Crippen LogP contribution is -2.31. The van der Waals surface area contributed by atoms with Gasteiger partial charge in [0.05, 0.1) is 29.0 Å². The van der Waals surface area contributed by atoms with Gasteiger partial charge in [-0.1, -0.05) is 12.1 Å². The highest BCUT2D eigenvalue weighted by atomic mass is 19.4. The molecule has 0 atom stereocenters. The normalized spacial score (nSPS) is 15.1. The van der Waals surface area contributed by atoms with Crippen molar-refractivity contribution in [2.24, 2.45) is 7.05 Å². The van der Waals surface area contributed by atoms with Crippen molar-refractivity contribution in [2.45, 2.75) is 32.6 Å². The van der Waals surface area contributed by atoms with E-state index in [0.29, 0.717) is 11.4 Å². The van der Waals surface area contributed by atoms with E-state index in [9.17, 15) is 13.2 Å². The number of benzene rings is 1. The Bertz CT molecular complexity index is 953. The number of nitrogens with zero attached hydrogens (tertiary/aromatic N) is 4. The standard InChI is InChI=1S/C19H20F3N5/c1-12-16(24-11-23-12)9-27-8-7-15-17(10-27)26(2)18(25-15)13-3-5-14(6-4-13)19(20,21)22/h3-6,11H,7-10H2,1-2H3,(H,23,24). The molecule has 1 N–H and O–H groups in total. The number of hydrogen-bond donors (Lipinski definition) is 1. The van der Waals surface area contributed by atoms with E-state index >= 15 is 0 Å². The fourth-order valence-corrected chi connectivity index (χ4v) is 3.50. The summed E-state index contributed by atoms with van der Waals surface area (Å²) in [6, 6.07) is 5.19. The predicted molar refractivity (Wildman–Crippen MR) is 94.8 cm³/mol. The van der Waals surface area contributed by atoms with Crippen LogP contribution in [0, 0.1) is 6.92 Å². The molecule has 0 unspecified atom stereocenters. The number of aryl methyl sites for hydroxylation is 1. The molecule has 0 saturated heterocycles. The van der Waals surface area contributed by atoms with Crippen LogP contribution in [0.3, 0.4) is 0 Å². The molecule has 0 radical (unpaired) electrons. The molecule has 1 aliphatic rings. The monoisotopic (exact) mass is 375 g/mol. The number of aromatic nitrogens is 4. The van der Waals surface area contributed by atoms with Crippen molar-refractivity contribution in [3.8, 4) is 11.4 Å². The Kier molecular flexibility index (Phi) is 4.30. The van der Waals surface area contributed by atoms with E-state index in [1.807, 2.05) is 18.5 Å². The van der Waals surface area contributed by atoms with E-state index in [2.05, 4.69) is 14.9 Å². The van der Waals surface area contributed by atoms with Gasteiger partial charge < -0.3 is 9.55 Å². The first-order valence-corrected chi connectivity index (χ1v) is 8.76. The molecule has 0 saturated carbocycles. The molecule has 0 spiro atoms. The summed E-state index contributed by atoms with van der Waals surface area (Å²) < 4.78 is 40.3. The fourth-order valence-electron chi connectivity index (χ4n) is 3.50. The lowest BCUT2D eigenvalue weighted by molar-refractivity contribution is -0.137. The maximum atomic E-state index is 12.8. The van der Waals surface area contributed by atoms with Crippen LogP contribution in [0.5, 0.6) is 0 Å². The molecule has 0 fully saturated rings. The van der Waals surface area contributed by atoms with E-state index in [0.717, 1.165) is 61.0 Å². The second kappa shape index (κ2) is 6.53. The van der Waals surface area contributed by atoms with Crippen molar-refractivity contribution in [1.29, 1.82) is 0 Å². The quantitative estimate of drug-likeness (QED) is 0.760. The summed E-state index contributed by atoms with van der Waals surface area (Å²) in [7, 11) is 1.92. The van der Waals surface area contributed by atoms with Gasteiger partial charge in [-0.05, 0) is 19.1 Å². The SMILES string of the molecule is Cc1[nH]cnc1CN1CCc2nc(-c3ccc(C(F)(F)F)cc3)n(C)c2C1. The number of fused-ring (bicyclic) bond motifs is 1. The first-order valence-electron chi connectivity index (χ1n) is 8.76. The zero-order chi connectivity index (χ0) is 19.2. The van der Waals surface area contributed by atoms with Crippen LogP contribution in [0.15, 0.2) is 30.6 Å². The van der Waals surface area contributed by atoms with Crippen LogP contribution in [-0.4, -0.2) is 31.0 Å². The highest BCUT2D eigenvalue weighted by molar-refractivity contribution is 5.58. The minimum atomic E-state index is -4.33. The van der Waals surface area contributed by atoms with Crippen LogP contribution in [0.25, 0.3) is 11.4 Å².